The van der Waals surface area contributed by atoms with Crippen LogP contribution in [0.1, 0.15) is 61.4 Å². The molecule has 7 heteroatoms. The van der Waals surface area contributed by atoms with Gasteiger partial charge in [-0.3, -0.25) is 9.36 Å². The molecule has 1 amide bonds. The van der Waals surface area contributed by atoms with Crippen LogP contribution in [0.4, 0.5) is 5.69 Å². The molecule has 0 fully saturated rings. The van der Waals surface area contributed by atoms with Gasteiger partial charge in [-0.25, -0.2) is 0 Å². The molecule has 0 heterocycles. The van der Waals surface area contributed by atoms with Crippen LogP contribution >= 0.6 is 7.60 Å². The molecule has 0 aromatic heterocycles. The Labute approximate surface area is 207 Å². The SMILES string of the molecule is CCCCCCCCOc1ccc(-c2ccc(C(=O)Nc3ccccc3CP(=O)(O)O)cc2)cc1. The van der Waals surface area contributed by atoms with Crippen molar-refractivity contribution in [3.8, 4) is 16.9 Å². The summed E-state index contributed by atoms with van der Waals surface area (Å²) in [6.45, 7) is 2.95. The summed E-state index contributed by atoms with van der Waals surface area (Å²) >= 11 is 0. The number of carbonyl (C=O) groups excluding carboxylic acids is 1. The largest absolute Gasteiger partial charge is 0.494 e. The molecule has 0 unspecified atom stereocenters. The van der Waals surface area contributed by atoms with Gasteiger partial charge in [0, 0.05) is 11.3 Å². The van der Waals surface area contributed by atoms with Crippen molar-refractivity contribution in [1.29, 1.82) is 0 Å². The lowest BCUT2D eigenvalue weighted by Crippen LogP contribution is -2.13. The van der Waals surface area contributed by atoms with E-state index in [9.17, 15) is 19.1 Å². The van der Waals surface area contributed by atoms with Crippen molar-refractivity contribution >= 4 is 19.2 Å². The second-order valence-electron chi connectivity index (χ2n) is 8.65. The highest BCUT2D eigenvalue weighted by Gasteiger charge is 2.17. The van der Waals surface area contributed by atoms with E-state index in [1.165, 1.54) is 32.1 Å². The predicted molar refractivity (Wildman–Crippen MR) is 141 cm³/mol. The zero-order valence-corrected chi connectivity index (χ0v) is 21.0. The quantitative estimate of drug-likeness (QED) is 0.175. The normalized spacial score (nSPS) is 11.3. The molecule has 0 saturated heterocycles. The lowest BCUT2D eigenvalue weighted by Gasteiger charge is -2.12. The number of ether oxygens (including phenoxy) is 1. The van der Waals surface area contributed by atoms with Gasteiger partial charge in [-0.15, -0.1) is 0 Å². The molecule has 0 spiro atoms. The number of nitrogens with one attached hydrogen (secondary N) is 1. The Morgan fingerprint density at radius 1 is 0.829 bits per heavy atom. The van der Waals surface area contributed by atoms with Gasteiger partial charge in [0.2, 0.25) is 0 Å². The van der Waals surface area contributed by atoms with Gasteiger partial charge in [-0.05, 0) is 53.4 Å². The summed E-state index contributed by atoms with van der Waals surface area (Å²) in [5.74, 6) is 0.514. The van der Waals surface area contributed by atoms with E-state index in [4.69, 9.17) is 4.74 Å². The van der Waals surface area contributed by atoms with Crippen LogP contribution in [-0.2, 0) is 10.7 Å². The zero-order valence-electron chi connectivity index (χ0n) is 20.2. The lowest BCUT2D eigenvalue weighted by molar-refractivity contribution is 0.102. The third-order valence-electron chi connectivity index (χ3n) is 5.74. The summed E-state index contributed by atoms with van der Waals surface area (Å²) in [7, 11) is -4.25. The van der Waals surface area contributed by atoms with Crippen LogP contribution in [0, 0.1) is 0 Å². The topological polar surface area (TPSA) is 95.9 Å². The number of unbranched alkanes of at least 4 members (excludes halogenated alkanes) is 5. The van der Waals surface area contributed by atoms with E-state index < -0.39 is 13.8 Å². The van der Waals surface area contributed by atoms with Crippen molar-refractivity contribution in [3.63, 3.8) is 0 Å². The Hall–Kier alpha value is -2.92. The van der Waals surface area contributed by atoms with Gasteiger partial charge in [0.15, 0.2) is 0 Å². The Morgan fingerprint density at radius 3 is 2.09 bits per heavy atom. The maximum absolute atomic E-state index is 12.7. The third-order valence-corrected chi connectivity index (χ3v) is 6.50. The second-order valence-corrected chi connectivity index (χ2v) is 10.3. The van der Waals surface area contributed by atoms with E-state index in [0.29, 0.717) is 16.8 Å². The van der Waals surface area contributed by atoms with Crippen LogP contribution in [0.2, 0.25) is 0 Å². The van der Waals surface area contributed by atoms with Crippen LogP contribution in [0.5, 0.6) is 5.75 Å². The van der Waals surface area contributed by atoms with Crippen LogP contribution in [-0.4, -0.2) is 22.3 Å². The Kier molecular flexibility index (Phi) is 10.1. The molecule has 0 bridgehead atoms. The van der Waals surface area contributed by atoms with Crippen molar-refractivity contribution in [2.75, 3.05) is 11.9 Å². The fourth-order valence-corrected chi connectivity index (χ4v) is 4.55. The number of rotatable bonds is 13. The standard InChI is InChI=1S/C28H34NO5P/c1-2-3-4-5-6-9-20-34-26-18-16-23(17-19-26)22-12-14-24(15-13-22)28(30)29-27-11-8-7-10-25(27)21-35(31,32)33/h7-8,10-19H,2-6,9,20-21H2,1H3,(H,29,30)(H2,31,32,33). The van der Waals surface area contributed by atoms with E-state index in [1.807, 2.05) is 36.4 Å². The molecule has 0 aliphatic carbocycles. The van der Waals surface area contributed by atoms with Crippen molar-refractivity contribution in [3.05, 3.63) is 83.9 Å². The maximum atomic E-state index is 12.7. The number of anilines is 1. The van der Waals surface area contributed by atoms with Gasteiger partial charge < -0.3 is 19.8 Å². The molecule has 0 aliphatic rings. The number of carbonyl (C=O) groups is 1. The molecule has 3 N–H and O–H groups in total. The average molecular weight is 496 g/mol. The molecule has 3 aromatic rings. The highest BCUT2D eigenvalue weighted by Crippen LogP contribution is 2.41. The number of para-hydroxylation sites is 1. The minimum Gasteiger partial charge on any atom is -0.494 e. The van der Waals surface area contributed by atoms with Gasteiger partial charge >= 0.3 is 7.60 Å². The monoisotopic (exact) mass is 495 g/mol. The smallest absolute Gasteiger partial charge is 0.329 e. The Morgan fingerprint density at radius 2 is 1.43 bits per heavy atom. The molecule has 3 aromatic carbocycles. The fourth-order valence-electron chi connectivity index (χ4n) is 3.83. The minimum atomic E-state index is -4.25. The van der Waals surface area contributed by atoms with Gasteiger partial charge in [-0.2, -0.15) is 0 Å². The highest BCUT2D eigenvalue weighted by molar-refractivity contribution is 7.50. The minimum absolute atomic E-state index is 0.340. The molecule has 186 valence electrons. The summed E-state index contributed by atoms with van der Waals surface area (Å²) in [5.41, 5.74) is 3.24. The molecular formula is C28H34NO5P. The van der Waals surface area contributed by atoms with Crippen LogP contribution in [0.3, 0.4) is 0 Å². The predicted octanol–water partition coefficient (Wildman–Crippen LogP) is 7.02. The molecule has 6 nitrogen and oxygen atoms in total. The fraction of sp³-hybridized carbons (Fsp3) is 0.321. The van der Waals surface area contributed by atoms with Crippen LogP contribution in [0.25, 0.3) is 11.1 Å². The Bertz CT molecular complexity index is 1120. The summed E-state index contributed by atoms with van der Waals surface area (Å²) in [6, 6.07) is 21.8. The van der Waals surface area contributed by atoms with Crippen molar-refractivity contribution in [2.24, 2.45) is 0 Å². The van der Waals surface area contributed by atoms with E-state index in [2.05, 4.69) is 12.2 Å². The van der Waals surface area contributed by atoms with Crippen molar-refractivity contribution < 1.29 is 23.9 Å². The molecule has 0 aliphatic heterocycles. The Balaban J connectivity index is 1.54. The first-order chi connectivity index (χ1) is 16.9. The highest BCUT2D eigenvalue weighted by atomic mass is 31.2. The van der Waals surface area contributed by atoms with E-state index in [-0.39, 0.29) is 5.91 Å². The third kappa shape index (κ3) is 8.99. The van der Waals surface area contributed by atoms with Crippen LogP contribution in [0.15, 0.2) is 72.8 Å². The van der Waals surface area contributed by atoms with Gasteiger partial charge in [0.05, 0.1) is 12.8 Å². The van der Waals surface area contributed by atoms with Crippen molar-refractivity contribution in [1.82, 2.24) is 0 Å². The molecular weight excluding hydrogens is 461 g/mol. The number of hydrogen-bond acceptors (Lipinski definition) is 3. The van der Waals surface area contributed by atoms with Gasteiger partial charge in [0.25, 0.3) is 5.91 Å². The summed E-state index contributed by atoms with van der Waals surface area (Å²) in [4.78, 5) is 31.3. The first-order valence-corrected chi connectivity index (χ1v) is 13.9. The molecule has 0 atom stereocenters. The second kappa shape index (κ2) is 13.2. The summed E-state index contributed by atoms with van der Waals surface area (Å²) in [6.07, 6.45) is 6.98. The zero-order chi connectivity index (χ0) is 25.1. The summed E-state index contributed by atoms with van der Waals surface area (Å²) < 4.78 is 17.2. The first kappa shape index (κ1) is 26.7. The number of hydrogen-bond donors (Lipinski definition) is 3. The molecule has 0 radical (unpaired) electrons. The number of amides is 1. The van der Waals surface area contributed by atoms with E-state index >= 15 is 0 Å². The van der Waals surface area contributed by atoms with E-state index in [1.54, 1.807) is 36.4 Å². The average Bonchev–Trinajstić information content (AvgIpc) is 2.84. The molecule has 0 saturated carbocycles. The maximum Gasteiger partial charge on any atom is 0.329 e. The first-order valence-electron chi connectivity index (χ1n) is 12.1. The number of benzene rings is 3. The van der Waals surface area contributed by atoms with Gasteiger partial charge in [-0.1, -0.05) is 81.5 Å². The van der Waals surface area contributed by atoms with Gasteiger partial charge in [0.1, 0.15) is 5.75 Å². The molecule has 3 rings (SSSR count). The van der Waals surface area contributed by atoms with Crippen molar-refractivity contribution in [2.45, 2.75) is 51.6 Å². The lowest BCUT2D eigenvalue weighted by atomic mass is 10.0. The van der Waals surface area contributed by atoms with E-state index in [0.717, 1.165) is 29.9 Å². The summed E-state index contributed by atoms with van der Waals surface area (Å²) in [5, 5.41) is 2.76. The van der Waals surface area contributed by atoms with Crippen LogP contribution < -0.4 is 10.1 Å². The molecule has 35 heavy (non-hydrogen) atoms.